The lowest BCUT2D eigenvalue weighted by molar-refractivity contribution is -0.137. The van der Waals surface area contributed by atoms with Crippen LogP contribution < -0.4 is 10.6 Å². The summed E-state index contributed by atoms with van der Waals surface area (Å²) in [5.74, 6) is -1.51. The fourth-order valence-electron chi connectivity index (χ4n) is 2.34. The van der Waals surface area contributed by atoms with E-state index in [-0.39, 0.29) is 59.8 Å². The minimum absolute atomic E-state index is 0.0772. The maximum Gasteiger partial charge on any atom is 0.249 e. The van der Waals surface area contributed by atoms with E-state index in [1.807, 2.05) is 0 Å². The van der Waals surface area contributed by atoms with Crippen LogP contribution >= 0.6 is 11.8 Å². The van der Waals surface area contributed by atoms with E-state index in [9.17, 15) is 24.3 Å². The summed E-state index contributed by atoms with van der Waals surface area (Å²) in [6, 6.07) is 0. The lowest BCUT2D eigenvalue weighted by Crippen LogP contribution is -2.47. The highest BCUT2D eigenvalue weighted by Gasteiger charge is 2.32. The van der Waals surface area contributed by atoms with E-state index in [1.54, 1.807) is 13.8 Å². The number of thioether (sulfide) groups is 1. The molecule has 1 aromatic heterocycles. The zero-order valence-corrected chi connectivity index (χ0v) is 16.9. The van der Waals surface area contributed by atoms with Crippen LogP contribution in [0.2, 0.25) is 0 Å². The van der Waals surface area contributed by atoms with Crippen molar-refractivity contribution in [1.82, 2.24) is 15.8 Å². The molecule has 29 heavy (non-hydrogen) atoms. The maximum atomic E-state index is 12.2. The van der Waals surface area contributed by atoms with Crippen LogP contribution in [-0.2, 0) is 9.59 Å². The SMILES string of the molecule is CC(C)(CO)[C@@H](O)C(=O)NCCNC(=O)CCSC1=CC(=O)c2oncc2C1=O. The molecule has 0 fully saturated rings. The average Bonchev–Trinajstić information content (AvgIpc) is 3.19. The molecule has 2 amide bonds. The number of hydrogen-bond acceptors (Lipinski definition) is 9. The molecule has 1 aromatic rings. The molecule has 0 unspecified atom stereocenters. The molecule has 1 heterocycles. The molecule has 0 saturated heterocycles. The zero-order valence-electron chi connectivity index (χ0n) is 16.1. The molecule has 10 nitrogen and oxygen atoms in total. The van der Waals surface area contributed by atoms with Crippen molar-refractivity contribution in [3.8, 4) is 0 Å². The number of carbonyl (C=O) groups is 4. The Morgan fingerprint density at radius 1 is 1.28 bits per heavy atom. The number of aromatic nitrogens is 1. The second-order valence-corrected chi connectivity index (χ2v) is 8.20. The van der Waals surface area contributed by atoms with Crippen molar-refractivity contribution in [2.24, 2.45) is 5.41 Å². The molecule has 0 aliphatic heterocycles. The van der Waals surface area contributed by atoms with E-state index in [0.29, 0.717) is 0 Å². The number of aliphatic hydroxyl groups excluding tert-OH is 2. The highest BCUT2D eigenvalue weighted by Crippen LogP contribution is 2.28. The first-order valence-electron chi connectivity index (χ1n) is 8.89. The van der Waals surface area contributed by atoms with Gasteiger partial charge in [-0.2, -0.15) is 0 Å². The lowest BCUT2D eigenvalue weighted by atomic mass is 9.87. The first kappa shape index (κ1) is 22.8. The van der Waals surface area contributed by atoms with Crippen molar-refractivity contribution < 1.29 is 33.9 Å². The van der Waals surface area contributed by atoms with Gasteiger partial charge < -0.3 is 25.4 Å². The van der Waals surface area contributed by atoms with Crippen molar-refractivity contribution in [2.75, 3.05) is 25.4 Å². The van der Waals surface area contributed by atoms with Crippen LogP contribution in [-0.4, -0.2) is 70.3 Å². The third kappa shape index (κ3) is 5.75. The molecule has 0 radical (unpaired) electrons. The Kier molecular flexibility index (Phi) is 7.71. The number of carbonyl (C=O) groups excluding carboxylic acids is 4. The first-order chi connectivity index (χ1) is 13.7. The van der Waals surface area contributed by atoms with Gasteiger partial charge in [-0.25, -0.2) is 0 Å². The largest absolute Gasteiger partial charge is 0.396 e. The summed E-state index contributed by atoms with van der Waals surface area (Å²) in [7, 11) is 0. The normalized spacial score (nSPS) is 14.8. The van der Waals surface area contributed by atoms with E-state index >= 15 is 0 Å². The summed E-state index contributed by atoms with van der Waals surface area (Å²) in [5.41, 5.74) is -0.850. The fraction of sp³-hybridized carbons (Fsp3) is 0.500. The van der Waals surface area contributed by atoms with Gasteiger partial charge in [-0.1, -0.05) is 19.0 Å². The molecule has 0 bridgehead atoms. The molecule has 1 aliphatic rings. The number of Topliss-reactive ketones (excluding diaryl/α,β-unsaturated/α-hetero) is 1. The first-order valence-corrected chi connectivity index (χ1v) is 9.87. The fourth-order valence-corrected chi connectivity index (χ4v) is 3.28. The van der Waals surface area contributed by atoms with E-state index < -0.39 is 23.2 Å². The molecular weight excluding hydrogens is 402 g/mol. The monoisotopic (exact) mass is 425 g/mol. The second kappa shape index (κ2) is 9.81. The van der Waals surface area contributed by atoms with E-state index in [0.717, 1.165) is 11.8 Å². The van der Waals surface area contributed by atoms with Crippen molar-refractivity contribution >= 4 is 35.1 Å². The Morgan fingerprint density at radius 3 is 2.66 bits per heavy atom. The predicted molar refractivity (Wildman–Crippen MR) is 103 cm³/mol. The number of rotatable bonds is 10. The molecule has 0 spiro atoms. The minimum atomic E-state index is -1.37. The van der Waals surface area contributed by atoms with Gasteiger partial charge in [0.15, 0.2) is 0 Å². The maximum absolute atomic E-state index is 12.2. The zero-order chi connectivity index (χ0) is 21.6. The van der Waals surface area contributed by atoms with Crippen LogP contribution in [0.15, 0.2) is 21.7 Å². The predicted octanol–water partition coefficient (Wildman–Crippen LogP) is -0.327. The number of nitrogens with one attached hydrogen (secondary N) is 2. The average molecular weight is 425 g/mol. The van der Waals surface area contributed by atoms with Gasteiger partial charge in [0.25, 0.3) is 0 Å². The highest BCUT2D eigenvalue weighted by molar-refractivity contribution is 8.04. The summed E-state index contributed by atoms with van der Waals surface area (Å²) in [5, 5.41) is 27.5. The highest BCUT2D eigenvalue weighted by atomic mass is 32.2. The van der Waals surface area contributed by atoms with Crippen LogP contribution in [0.1, 0.15) is 41.2 Å². The topological polar surface area (TPSA) is 159 Å². The quantitative estimate of drug-likeness (QED) is 0.368. The summed E-state index contributed by atoms with van der Waals surface area (Å²) < 4.78 is 4.74. The van der Waals surface area contributed by atoms with Gasteiger partial charge in [-0.3, -0.25) is 19.2 Å². The number of aliphatic hydroxyl groups is 2. The van der Waals surface area contributed by atoms with Gasteiger partial charge in [0.05, 0.1) is 23.3 Å². The molecule has 1 aliphatic carbocycles. The standard InChI is InChI=1S/C18H23N3O7S/c1-18(2,9-22)16(26)17(27)20-5-4-19-13(24)3-6-29-12-7-11(23)15-10(14(12)25)8-21-28-15/h7-8,16,22,26H,3-6,9H2,1-2H3,(H,19,24)(H,20,27)/t16-/m0/s1. The summed E-state index contributed by atoms with van der Waals surface area (Å²) >= 11 is 1.09. The third-order valence-electron chi connectivity index (χ3n) is 4.25. The molecular formula is C18H23N3O7S. The van der Waals surface area contributed by atoms with Crippen molar-refractivity contribution in [3.05, 3.63) is 28.5 Å². The Balaban J connectivity index is 1.66. The van der Waals surface area contributed by atoms with Crippen LogP contribution in [0.3, 0.4) is 0 Å². The van der Waals surface area contributed by atoms with Gasteiger partial charge in [0, 0.05) is 36.8 Å². The summed E-state index contributed by atoms with van der Waals surface area (Å²) in [4.78, 5) is 47.9. The van der Waals surface area contributed by atoms with Gasteiger partial charge in [-0.05, 0) is 0 Å². The van der Waals surface area contributed by atoms with Crippen molar-refractivity contribution in [2.45, 2.75) is 26.4 Å². The minimum Gasteiger partial charge on any atom is -0.396 e. The van der Waals surface area contributed by atoms with Crippen molar-refractivity contribution in [3.63, 3.8) is 0 Å². The molecule has 4 N–H and O–H groups in total. The van der Waals surface area contributed by atoms with E-state index in [2.05, 4.69) is 15.8 Å². The van der Waals surface area contributed by atoms with Gasteiger partial charge in [-0.15, -0.1) is 11.8 Å². The number of hydrogen-bond donors (Lipinski definition) is 4. The van der Waals surface area contributed by atoms with Crippen LogP contribution in [0.25, 0.3) is 0 Å². The number of allylic oxidation sites excluding steroid dienone is 2. The molecule has 0 aromatic carbocycles. The van der Waals surface area contributed by atoms with Crippen molar-refractivity contribution in [1.29, 1.82) is 0 Å². The molecule has 0 saturated carbocycles. The number of ketones is 2. The molecule has 158 valence electrons. The smallest absolute Gasteiger partial charge is 0.249 e. The third-order valence-corrected chi connectivity index (χ3v) is 5.28. The second-order valence-electron chi connectivity index (χ2n) is 7.06. The van der Waals surface area contributed by atoms with Crippen LogP contribution in [0.4, 0.5) is 0 Å². The Hall–Kier alpha value is -2.50. The van der Waals surface area contributed by atoms with E-state index in [1.165, 1.54) is 12.3 Å². The number of nitrogens with zero attached hydrogens (tertiary/aromatic N) is 1. The summed E-state index contributed by atoms with van der Waals surface area (Å²) in [6.07, 6.45) is 1.11. The summed E-state index contributed by atoms with van der Waals surface area (Å²) in [6.45, 7) is 3.04. The number of amides is 2. The molecule has 2 rings (SSSR count). The number of fused-ring (bicyclic) bond motifs is 1. The van der Waals surface area contributed by atoms with Gasteiger partial charge in [0.1, 0.15) is 6.10 Å². The molecule has 11 heteroatoms. The van der Waals surface area contributed by atoms with Crippen LogP contribution in [0, 0.1) is 5.41 Å². The Bertz CT molecular complexity index is 831. The molecule has 1 atom stereocenters. The Labute approximate surface area is 171 Å². The van der Waals surface area contributed by atoms with Gasteiger partial charge >= 0.3 is 0 Å². The lowest BCUT2D eigenvalue weighted by Gasteiger charge is -2.27. The van der Waals surface area contributed by atoms with Gasteiger partial charge in [0.2, 0.25) is 29.1 Å². The Morgan fingerprint density at radius 2 is 1.97 bits per heavy atom. The van der Waals surface area contributed by atoms with E-state index in [4.69, 9.17) is 9.63 Å². The van der Waals surface area contributed by atoms with Crippen LogP contribution in [0.5, 0.6) is 0 Å².